The molecule has 0 unspecified atom stereocenters. The summed E-state index contributed by atoms with van der Waals surface area (Å²) >= 11 is 0. The van der Waals surface area contributed by atoms with Gasteiger partial charge in [-0.15, -0.1) is 0 Å². The first-order valence-corrected chi connectivity index (χ1v) is 5.16. The van der Waals surface area contributed by atoms with Gasteiger partial charge in [-0.1, -0.05) is 11.6 Å². The van der Waals surface area contributed by atoms with Gasteiger partial charge in [0.25, 0.3) is 0 Å². The highest BCUT2D eigenvalue weighted by Gasteiger charge is 2.19. The van der Waals surface area contributed by atoms with Gasteiger partial charge in [0.1, 0.15) is 0 Å². The molecule has 5 heteroatoms. The number of hydrogen-bond donors (Lipinski definition) is 1. The molecule has 1 aliphatic heterocycles. The molecule has 1 aromatic heterocycles. The number of hydrogen-bond acceptors (Lipinski definition) is 4. The van der Waals surface area contributed by atoms with E-state index in [0.29, 0.717) is 12.1 Å². The Morgan fingerprint density at radius 1 is 1.47 bits per heavy atom. The van der Waals surface area contributed by atoms with Gasteiger partial charge in [0.15, 0.2) is 0 Å². The van der Waals surface area contributed by atoms with Crippen molar-refractivity contribution >= 4 is 5.97 Å². The normalized spacial score (nSPS) is 17.9. The summed E-state index contributed by atoms with van der Waals surface area (Å²) in [7, 11) is 0. The van der Waals surface area contributed by atoms with Crippen LogP contribution in [-0.2, 0) is 6.54 Å². The van der Waals surface area contributed by atoms with Crippen LogP contribution in [0.1, 0.15) is 35.4 Å². The second-order valence-electron chi connectivity index (χ2n) is 3.82. The standard InChI is InChI=1S/C10H14N2O3/c13-10(14)9-8(6-11-15-9)7-12-4-2-1-3-5-12/h6H,1-5,7H2,(H,13,14). The molecule has 82 valence electrons. The highest BCUT2D eigenvalue weighted by molar-refractivity contribution is 5.85. The van der Waals surface area contributed by atoms with Crippen molar-refractivity contribution in [3.05, 3.63) is 17.5 Å². The average molecular weight is 210 g/mol. The maximum atomic E-state index is 10.8. The maximum absolute atomic E-state index is 10.8. The molecule has 0 atom stereocenters. The van der Waals surface area contributed by atoms with Gasteiger partial charge in [-0.25, -0.2) is 4.79 Å². The van der Waals surface area contributed by atoms with Gasteiger partial charge in [-0.3, -0.25) is 4.90 Å². The molecule has 0 spiro atoms. The molecule has 0 amide bonds. The Labute approximate surface area is 87.7 Å². The molecule has 15 heavy (non-hydrogen) atoms. The highest BCUT2D eigenvalue weighted by atomic mass is 16.5. The average Bonchev–Trinajstić information content (AvgIpc) is 2.67. The Hall–Kier alpha value is -1.36. The first kappa shape index (κ1) is 10.2. The van der Waals surface area contributed by atoms with Crippen molar-refractivity contribution < 1.29 is 14.4 Å². The van der Waals surface area contributed by atoms with Crippen LogP contribution in [0.15, 0.2) is 10.7 Å². The number of nitrogens with zero attached hydrogens (tertiary/aromatic N) is 2. The lowest BCUT2D eigenvalue weighted by Crippen LogP contribution is -2.29. The van der Waals surface area contributed by atoms with E-state index >= 15 is 0 Å². The van der Waals surface area contributed by atoms with Gasteiger partial charge >= 0.3 is 5.97 Å². The van der Waals surface area contributed by atoms with Crippen LogP contribution >= 0.6 is 0 Å². The Morgan fingerprint density at radius 3 is 2.87 bits per heavy atom. The van der Waals surface area contributed by atoms with Crippen LogP contribution in [0.2, 0.25) is 0 Å². The van der Waals surface area contributed by atoms with E-state index in [0.717, 1.165) is 13.1 Å². The van der Waals surface area contributed by atoms with Crippen LogP contribution in [0.4, 0.5) is 0 Å². The first-order chi connectivity index (χ1) is 7.27. The summed E-state index contributed by atoms with van der Waals surface area (Å²) in [6.07, 6.45) is 5.14. The molecular weight excluding hydrogens is 196 g/mol. The van der Waals surface area contributed by atoms with Crippen LogP contribution in [0.25, 0.3) is 0 Å². The summed E-state index contributed by atoms with van der Waals surface area (Å²) in [6.45, 7) is 2.69. The van der Waals surface area contributed by atoms with E-state index in [-0.39, 0.29) is 5.76 Å². The van der Waals surface area contributed by atoms with Crippen molar-refractivity contribution in [3.8, 4) is 0 Å². The van der Waals surface area contributed by atoms with Crippen molar-refractivity contribution in [2.24, 2.45) is 0 Å². The maximum Gasteiger partial charge on any atom is 0.375 e. The SMILES string of the molecule is O=C(O)c1oncc1CN1CCCCC1. The lowest BCUT2D eigenvalue weighted by atomic mass is 10.1. The topological polar surface area (TPSA) is 66.6 Å². The van der Waals surface area contributed by atoms with Crippen molar-refractivity contribution in [1.82, 2.24) is 10.1 Å². The lowest BCUT2D eigenvalue weighted by molar-refractivity contribution is 0.0648. The van der Waals surface area contributed by atoms with E-state index in [1.54, 1.807) is 0 Å². The number of rotatable bonds is 3. The Kier molecular flexibility index (Phi) is 3.01. The Bertz CT molecular complexity index is 342. The van der Waals surface area contributed by atoms with Gasteiger partial charge in [0.05, 0.1) is 6.20 Å². The zero-order chi connectivity index (χ0) is 10.7. The fraction of sp³-hybridized carbons (Fsp3) is 0.600. The fourth-order valence-corrected chi connectivity index (χ4v) is 1.91. The minimum atomic E-state index is -1.04. The van der Waals surface area contributed by atoms with Crippen molar-refractivity contribution in [2.75, 3.05) is 13.1 Å². The number of piperidine rings is 1. The van der Waals surface area contributed by atoms with Gasteiger partial charge in [0.2, 0.25) is 5.76 Å². The lowest BCUT2D eigenvalue weighted by Gasteiger charge is -2.25. The molecule has 0 aromatic carbocycles. The number of aromatic carboxylic acids is 1. The predicted molar refractivity (Wildman–Crippen MR) is 52.6 cm³/mol. The first-order valence-electron chi connectivity index (χ1n) is 5.16. The third-order valence-electron chi connectivity index (χ3n) is 2.68. The molecule has 2 heterocycles. The number of likely N-dealkylation sites (tertiary alicyclic amines) is 1. The molecule has 0 bridgehead atoms. The zero-order valence-electron chi connectivity index (χ0n) is 8.48. The van der Waals surface area contributed by atoms with E-state index in [4.69, 9.17) is 9.63 Å². The summed E-state index contributed by atoms with van der Waals surface area (Å²) in [6, 6.07) is 0. The molecule has 1 saturated heterocycles. The summed E-state index contributed by atoms with van der Waals surface area (Å²) in [4.78, 5) is 13.0. The van der Waals surface area contributed by atoms with E-state index < -0.39 is 5.97 Å². The molecular formula is C10H14N2O3. The van der Waals surface area contributed by atoms with Gasteiger partial charge in [-0.05, 0) is 25.9 Å². The van der Waals surface area contributed by atoms with Crippen LogP contribution in [0, 0.1) is 0 Å². The van der Waals surface area contributed by atoms with Gasteiger partial charge < -0.3 is 9.63 Å². The Morgan fingerprint density at radius 2 is 2.20 bits per heavy atom. The van der Waals surface area contributed by atoms with Crippen LogP contribution in [0.3, 0.4) is 0 Å². The Balaban J connectivity index is 2.03. The monoisotopic (exact) mass is 210 g/mol. The van der Waals surface area contributed by atoms with Gasteiger partial charge in [0, 0.05) is 12.1 Å². The van der Waals surface area contributed by atoms with E-state index in [1.807, 2.05) is 0 Å². The summed E-state index contributed by atoms with van der Waals surface area (Å²) in [5.74, 6) is -1.07. The van der Waals surface area contributed by atoms with Crippen LogP contribution in [-0.4, -0.2) is 34.2 Å². The van der Waals surface area contributed by atoms with Crippen LogP contribution in [0.5, 0.6) is 0 Å². The molecule has 1 aliphatic rings. The smallest absolute Gasteiger partial charge is 0.375 e. The quantitative estimate of drug-likeness (QED) is 0.815. The number of carbonyl (C=O) groups is 1. The van der Waals surface area contributed by atoms with Crippen molar-refractivity contribution in [1.29, 1.82) is 0 Å². The molecule has 1 aromatic rings. The highest BCUT2D eigenvalue weighted by Crippen LogP contribution is 2.15. The van der Waals surface area contributed by atoms with E-state index in [1.165, 1.54) is 25.5 Å². The largest absolute Gasteiger partial charge is 0.475 e. The molecule has 5 nitrogen and oxygen atoms in total. The zero-order valence-corrected chi connectivity index (χ0v) is 8.48. The van der Waals surface area contributed by atoms with E-state index in [2.05, 4.69) is 10.1 Å². The predicted octanol–water partition coefficient (Wildman–Crippen LogP) is 1.36. The molecule has 0 saturated carbocycles. The molecule has 0 aliphatic carbocycles. The summed E-state index contributed by atoms with van der Waals surface area (Å²) in [5.41, 5.74) is 0.671. The second-order valence-corrected chi connectivity index (χ2v) is 3.82. The summed E-state index contributed by atoms with van der Waals surface area (Å²) < 4.78 is 4.69. The molecule has 1 fully saturated rings. The summed E-state index contributed by atoms with van der Waals surface area (Å²) in [5, 5.41) is 12.4. The second kappa shape index (κ2) is 4.44. The molecule has 2 rings (SSSR count). The minimum absolute atomic E-state index is 0.0272. The van der Waals surface area contributed by atoms with E-state index in [9.17, 15) is 4.79 Å². The third-order valence-corrected chi connectivity index (χ3v) is 2.68. The number of aromatic nitrogens is 1. The molecule has 0 radical (unpaired) electrons. The number of carboxylic acid groups (broad SMARTS) is 1. The van der Waals surface area contributed by atoms with Gasteiger partial charge in [-0.2, -0.15) is 0 Å². The molecule has 1 N–H and O–H groups in total. The third kappa shape index (κ3) is 2.36. The fourth-order valence-electron chi connectivity index (χ4n) is 1.91. The van der Waals surface area contributed by atoms with Crippen molar-refractivity contribution in [2.45, 2.75) is 25.8 Å². The number of carboxylic acids is 1. The minimum Gasteiger partial charge on any atom is -0.475 e. The van der Waals surface area contributed by atoms with Crippen LogP contribution < -0.4 is 0 Å². The van der Waals surface area contributed by atoms with Crippen molar-refractivity contribution in [3.63, 3.8) is 0 Å².